The SMILES string of the molecule is Nc1ncc(-c2nc(Cl)nc3c2cnn3C2CCOCC2)cn1. The summed E-state index contributed by atoms with van der Waals surface area (Å²) in [4.78, 5) is 16.7. The Balaban J connectivity index is 1.86. The number of nitrogen functional groups attached to an aromatic ring is 1. The van der Waals surface area contributed by atoms with Gasteiger partial charge in [-0.05, 0) is 24.4 Å². The molecule has 0 radical (unpaired) electrons. The molecule has 1 aliphatic heterocycles. The molecule has 0 unspecified atom stereocenters. The lowest BCUT2D eigenvalue weighted by Gasteiger charge is -2.22. The van der Waals surface area contributed by atoms with Gasteiger partial charge in [-0.1, -0.05) is 0 Å². The van der Waals surface area contributed by atoms with Crippen molar-refractivity contribution in [3.8, 4) is 11.3 Å². The van der Waals surface area contributed by atoms with Gasteiger partial charge in [-0.15, -0.1) is 0 Å². The number of nitrogens with zero attached hydrogens (tertiary/aromatic N) is 6. The number of nitrogens with two attached hydrogens (primary N) is 1. The van der Waals surface area contributed by atoms with E-state index in [0.29, 0.717) is 11.3 Å². The van der Waals surface area contributed by atoms with Crippen LogP contribution in [0.5, 0.6) is 0 Å². The first-order valence-electron chi connectivity index (χ1n) is 7.29. The summed E-state index contributed by atoms with van der Waals surface area (Å²) in [5, 5.41) is 5.48. The third-order valence-electron chi connectivity index (χ3n) is 3.91. The Labute approximate surface area is 136 Å². The molecular weight excluding hydrogens is 318 g/mol. The highest BCUT2D eigenvalue weighted by Crippen LogP contribution is 2.30. The normalized spacial score (nSPS) is 16.0. The molecule has 4 rings (SSSR count). The third-order valence-corrected chi connectivity index (χ3v) is 4.08. The predicted octanol–water partition coefficient (Wildman–Crippen LogP) is 1.87. The van der Waals surface area contributed by atoms with E-state index in [1.165, 1.54) is 0 Å². The van der Waals surface area contributed by atoms with E-state index >= 15 is 0 Å². The molecule has 1 aliphatic rings. The Morgan fingerprint density at radius 1 is 1.13 bits per heavy atom. The second-order valence-electron chi connectivity index (χ2n) is 5.34. The zero-order valence-corrected chi connectivity index (χ0v) is 12.9. The molecule has 4 heterocycles. The second kappa shape index (κ2) is 5.71. The molecule has 0 saturated carbocycles. The summed E-state index contributed by atoms with van der Waals surface area (Å²) in [5.41, 5.74) is 7.62. The van der Waals surface area contributed by atoms with Gasteiger partial charge in [-0.3, -0.25) is 0 Å². The highest BCUT2D eigenvalue weighted by molar-refractivity contribution is 6.28. The van der Waals surface area contributed by atoms with Crippen molar-refractivity contribution in [2.24, 2.45) is 0 Å². The Kier molecular flexibility index (Phi) is 3.55. The number of ether oxygens (including phenoxy) is 1. The number of hydrogen-bond donors (Lipinski definition) is 1. The van der Waals surface area contributed by atoms with E-state index in [1.54, 1.807) is 18.6 Å². The number of anilines is 1. The van der Waals surface area contributed by atoms with Gasteiger partial charge in [-0.25, -0.2) is 19.6 Å². The lowest BCUT2D eigenvalue weighted by atomic mass is 10.1. The van der Waals surface area contributed by atoms with E-state index in [9.17, 15) is 0 Å². The van der Waals surface area contributed by atoms with E-state index in [1.807, 2.05) is 4.68 Å². The molecule has 2 N–H and O–H groups in total. The predicted molar refractivity (Wildman–Crippen MR) is 84.9 cm³/mol. The molecule has 1 fully saturated rings. The highest BCUT2D eigenvalue weighted by Gasteiger charge is 2.21. The maximum atomic E-state index is 6.12. The average Bonchev–Trinajstić information content (AvgIpc) is 2.99. The first-order valence-corrected chi connectivity index (χ1v) is 7.66. The average molecular weight is 332 g/mol. The Hall–Kier alpha value is -2.32. The van der Waals surface area contributed by atoms with Crippen LogP contribution in [0.15, 0.2) is 18.6 Å². The molecule has 3 aromatic heterocycles. The molecular formula is C14H14ClN7O. The Morgan fingerprint density at radius 3 is 2.61 bits per heavy atom. The van der Waals surface area contributed by atoms with Gasteiger partial charge < -0.3 is 10.5 Å². The van der Waals surface area contributed by atoms with Gasteiger partial charge in [0.1, 0.15) is 0 Å². The summed E-state index contributed by atoms with van der Waals surface area (Å²) < 4.78 is 7.32. The minimum atomic E-state index is 0.165. The first kappa shape index (κ1) is 14.3. The molecule has 0 amide bonds. The molecule has 118 valence electrons. The number of aromatic nitrogens is 6. The van der Waals surface area contributed by atoms with Crippen molar-refractivity contribution in [3.05, 3.63) is 23.9 Å². The fourth-order valence-corrected chi connectivity index (χ4v) is 2.94. The topological polar surface area (TPSA) is 105 Å². The lowest BCUT2D eigenvalue weighted by Crippen LogP contribution is -2.20. The molecule has 0 bridgehead atoms. The van der Waals surface area contributed by atoms with Crippen molar-refractivity contribution in [2.75, 3.05) is 18.9 Å². The van der Waals surface area contributed by atoms with Gasteiger partial charge in [0.25, 0.3) is 0 Å². The van der Waals surface area contributed by atoms with Crippen LogP contribution in [0.25, 0.3) is 22.3 Å². The molecule has 23 heavy (non-hydrogen) atoms. The van der Waals surface area contributed by atoms with Crippen LogP contribution in [0.3, 0.4) is 0 Å². The van der Waals surface area contributed by atoms with Gasteiger partial charge in [0.2, 0.25) is 11.2 Å². The molecule has 0 spiro atoms. The summed E-state index contributed by atoms with van der Waals surface area (Å²) in [5.74, 6) is 0.211. The second-order valence-corrected chi connectivity index (χ2v) is 5.68. The van der Waals surface area contributed by atoms with Crippen LogP contribution in [0.2, 0.25) is 5.28 Å². The monoisotopic (exact) mass is 331 g/mol. The quantitative estimate of drug-likeness (QED) is 0.714. The van der Waals surface area contributed by atoms with Crippen LogP contribution < -0.4 is 5.73 Å². The van der Waals surface area contributed by atoms with Gasteiger partial charge in [0.05, 0.1) is 23.3 Å². The maximum Gasteiger partial charge on any atom is 0.225 e. The van der Waals surface area contributed by atoms with Crippen molar-refractivity contribution in [2.45, 2.75) is 18.9 Å². The van der Waals surface area contributed by atoms with E-state index < -0.39 is 0 Å². The summed E-state index contributed by atoms with van der Waals surface area (Å²) in [6.07, 6.45) is 6.79. The van der Waals surface area contributed by atoms with Gasteiger partial charge in [0.15, 0.2) is 5.65 Å². The van der Waals surface area contributed by atoms with Gasteiger partial charge in [0, 0.05) is 31.2 Å². The smallest absolute Gasteiger partial charge is 0.225 e. The number of rotatable bonds is 2. The minimum Gasteiger partial charge on any atom is -0.381 e. The number of halogens is 1. The summed E-state index contributed by atoms with van der Waals surface area (Å²) in [6.45, 7) is 1.45. The summed E-state index contributed by atoms with van der Waals surface area (Å²) >= 11 is 6.12. The van der Waals surface area contributed by atoms with Crippen LogP contribution in [-0.2, 0) is 4.74 Å². The third kappa shape index (κ3) is 2.60. The fourth-order valence-electron chi connectivity index (χ4n) is 2.78. The highest BCUT2D eigenvalue weighted by atomic mass is 35.5. The van der Waals surface area contributed by atoms with Crippen LogP contribution in [0.1, 0.15) is 18.9 Å². The zero-order valence-electron chi connectivity index (χ0n) is 12.2. The standard InChI is InChI=1S/C14H14ClN7O/c15-13-20-11(8-5-17-14(16)18-6-8)10-7-19-22(12(10)21-13)9-1-3-23-4-2-9/h5-7,9H,1-4H2,(H2,16,17,18). The van der Waals surface area contributed by atoms with Crippen molar-refractivity contribution in [3.63, 3.8) is 0 Å². The number of fused-ring (bicyclic) bond motifs is 1. The largest absolute Gasteiger partial charge is 0.381 e. The molecule has 0 atom stereocenters. The zero-order chi connectivity index (χ0) is 15.8. The molecule has 1 saturated heterocycles. The van der Waals surface area contributed by atoms with Crippen molar-refractivity contribution >= 4 is 28.6 Å². The molecule has 0 aliphatic carbocycles. The number of hydrogen-bond acceptors (Lipinski definition) is 7. The van der Waals surface area contributed by atoms with Gasteiger partial charge >= 0.3 is 0 Å². The van der Waals surface area contributed by atoms with E-state index in [0.717, 1.165) is 37.0 Å². The van der Waals surface area contributed by atoms with Crippen LogP contribution in [0, 0.1) is 0 Å². The molecule has 3 aromatic rings. The van der Waals surface area contributed by atoms with E-state index in [2.05, 4.69) is 25.0 Å². The van der Waals surface area contributed by atoms with Crippen molar-refractivity contribution in [1.29, 1.82) is 0 Å². The van der Waals surface area contributed by atoms with E-state index in [4.69, 9.17) is 22.1 Å². The maximum absolute atomic E-state index is 6.12. The van der Waals surface area contributed by atoms with Crippen molar-refractivity contribution < 1.29 is 4.74 Å². The first-order chi connectivity index (χ1) is 11.2. The van der Waals surface area contributed by atoms with Crippen molar-refractivity contribution in [1.82, 2.24) is 29.7 Å². The van der Waals surface area contributed by atoms with Crippen LogP contribution >= 0.6 is 11.6 Å². The van der Waals surface area contributed by atoms with E-state index in [-0.39, 0.29) is 17.3 Å². The van der Waals surface area contributed by atoms with Crippen LogP contribution in [-0.4, -0.2) is 42.9 Å². The summed E-state index contributed by atoms with van der Waals surface area (Å²) in [7, 11) is 0. The Bertz CT molecular complexity index is 842. The van der Waals surface area contributed by atoms with Crippen LogP contribution in [0.4, 0.5) is 5.95 Å². The van der Waals surface area contributed by atoms with Gasteiger partial charge in [-0.2, -0.15) is 10.1 Å². The molecule has 0 aromatic carbocycles. The fraction of sp³-hybridized carbons (Fsp3) is 0.357. The Morgan fingerprint density at radius 2 is 1.87 bits per heavy atom. The molecule has 9 heteroatoms. The summed E-state index contributed by atoms with van der Waals surface area (Å²) in [6, 6.07) is 0.253. The minimum absolute atomic E-state index is 0.165. The lowest BCUT2D eigenvalue weighted by molar-refractivity contribution is 0.0673. The molecule has 8 nitrogen and oxygen atoms in total.